The van der Waals surface area contributed by atoms with E-state index in [1.54, 1.807) is 6.20 Å². The first-order valence-electron chi connectivity index (χ1n) is 6.14. The van der Waals surface area contributed by atoms with E-state index in [9.17, 15) is 4.79 Å². The van der Waals surface area contributed by atoms with Gasteiger partial charge >= 0.3 is 0 Å². The van der Waals surface area contributed by atoms with Crippen LogP contribution in [0, 0.1) is 12.3 Å². The maximum Gasteiger partial charge on any atom is 0.227 e. The summed E-state index contributed by atoms with van der Waals surface area (Å²) < 4.78 is 0. The molecule has 0 spiro atoms. The van der Waals surface area contributed by atoms with Crippen LogP contribution in [0.3, 0.4) is 0 Å². The molecule has 0 saturated carbocycles. The zero-order valence-electron chi connectivity index (χ0n) is 11.9. The highest BCUT2D eigenvalue weighted by Gasteiger charge is 2.40. The maximum atomic E-state index is 12.2. The van der Waals surface area contributed by atoms with Crippen molar-refractivity contribution in [3.8, 4) is 0 Å². The van der Waals surface area contributed by atoms with Crippen molar-refractivity contribution in [2.75, 3.05) is 0 Å². The van der Waals surface area contributed by atoms with Crippen LogP contribution in [0.1, 0.15) is 39.0 Å². The van der Waals surface area contributed by atoms with Crippen LogP contribution in [0.15, 0.2) is 18.3 Å². The number of aromatic nitrogens is 1. The number of hydrogen-bond acceptors (Lipinski definition) is 3. The molecule has 0 saturated heterocycles. The largest absolute Gasteiger partial charge is 0.350 e. The van der Waals surface area contributed by atoms with Crippen LogP contribution in [0.25, 0.3) is 0 Å². The van der Waals surface area contributed by atoms with E-state index < -0.39 is 11.0 Å². The third-order valence-corrected chi connectivity index (χ3v) is 3.71. The van der Waals surface area contributed by atoms with Crippen LogP contribution >= 0.6 is 0 Å². The Morgan fingerprint density at radius 3 is 2.50 bits per heavy atom. The summed E-state index contributed by atoms with van der Waals surface area (Å²) in [5.74, 6) is -0.0555. The summed E-state index contributed by atoms with van der Waals surface area (Å²) in [7, 11) is 0. The van der Waals surface area contributed by atoms with Gasteiger partial charge in [-0.15, -0.1) is 0 Å². The summed E-state index contributed by atoms with van der Waals surface area (Å²) in [6, 6.07) is 3.86. The molecule has 1 aromatic rings. The number of amides is 1. The topological polar surface area (TPSA) is 68.0 Å². The van der Waals surface area contributed by atoms with Gasteiger partial charge in [0.15, 0.2) is 0 Å². The monoisotopic (exact) mass is 249 g/mol. The van der Waals surface area contributed by atoms with Crippen LogP contribution in [-0.4, -0.2) is 16.4 Å². The molecule has 0 fully saturated rings. The van der Waals surface area contributed by atoms with E-state index in [1.165, 1.54) is 0 Å². The Morgan fingerprint density at radius 1 is 1.39 bits per heavy atom. The minimum Gasteiger partial charge on any atom is -0.350 e. The van der Waals surface area contributed by atoms with Gasteiger partial charge in [-0.1, -0.05) is 6.07 Å². The first-order chi connectivity index (χ1) is 8.16. The van der Waals surface area contributed by atoms with Crippen molar-refractivity contribution in [3.05, 3.63) is 29.6 Å². The molecule has 0 aliphatic heterocycles. The quantitative estimate of drug-likeness (QED) is 0.854. The van der Waals surface area contributed by atoms with Gasteiger partial charge in [0.1, 0.15) is 0 Å². The fourth-order valence-corrected chi connectivity index (χ4v) is 1.38. The van der Waals surface area contributed by atoms with Crippen molar-refractivity contribution >= 4 is 5.91 Å². The fraction of sp³-hybridized carbons (Fsp3) is 0.571. The van der Waals surface area contributed by atoms with Gasteiger partial charge in [0.25, 0.3) is 0 Å². The zero-order chi connectivity index (χ0) is 14.0. The molecule has 1 heterocycles. The van der Waals surface area contributed by atoms with Gasteiger partial charge in [0.05, 0.1) is 17.7 Å². The molecule has 3 N–H and O–H groups in total. The van der Waals surface area contributed by atoms with Gasteiger partial charge < -0.3 is 11.1 Å². The third-order valence-electron chi connectivity index (χ3n) is 3.71. The summed E-state index contributed by atoms with van der Waals surface area (Å²) in [4.78, 5) is 16.4. The second kappa shape index (κ2) is 5.06. The molecule has 100 valence electrons. The molecule has 0 bridgehead atoms. The highest BCUT2D eigenvalue weighted by atomic mass is 16.2. The normalized spacial score (nSPS) is 12.3. The van der Waals surface area contributed by atoms with Crippen LogP contribution in [-0.2, 0) is 11.3 Å². The number of carbonyl (C=O) groups is 1. The van der Waals surface area contributed by atoms with Crippen LogP contribution in [0.2, 0.25) is 0 Å². The van der Waals surface area contributed by atoms with Gasteiger partial charge in [-0.05, 0) is 46.2 Å². The highest BCUT2D eigenvalue weighted by Crippen LogP contribution is 2.28. The summed E-state index contributed by atoms with van der Waals surface area (Å²) in [5, 5.41) is 2.91. The first kappa shape index (κ1) is 14.6. The summed E-state index contributed by atoms with van der Waals surface area (Å²) in [6.45, 7) is 9.84. The van der Waals surface area contributed by atoms with Crippen molar-refractivity contribution in [2.45, 2.75) is 46.7 Å². The standard InChI is InChI=1S/C14H23N3O/c1-10-7-6-8-16-11(10)9-17-12(18)13(2,3)14(4,5)15/h6-8H,9,15H2,1-5H3,(H,17,18). The van der Waals surface area contributed by atoms with Gasteiger partial charge in [-0.3, -0.25) is 9.78 Å². The van der Waals surface area contributed by atoms with Crippen molar-refractivity contribution in [1.82, 2.24) is 10.3 Å². The predicted molar refractivity (Wildman–Crippen MR) is 72.9 cm³/mol. The van der Waals surface area contributed by atoms with Crippen molar-refractivity contribution < 1.29 is 4.79 Å². The van der Waals surface area contributed by atoms with Gasteiger partial charge in [-0.25, -0.2) is 0 Å². The Morgan fingerprint density at radius 2 is 2.00 bits per heavy atom. The fourth-order valence-electron chi connectivity index (χ4n) is 1.38. The summed E-state index contributed by atoms with van der Waals surface area (Å²) >= 11 is 0. The SMILES string of the molecule is Cc1cccnc1CNC(=O)C(C)(C)C(C)(C)N. The van der Waals surface area contributed by atoms with E-state index in [4.69, 9.17) is 5.73 Å². The average molecular weight is 249 g/mol. The maximum absolute atomic E-state index is 12.2. The van der Waals surface area contributed by atoms with Crippen molar-refractivity contribution in [1.29, 1.82) is 0 Å². The Kier molecular flexibility index (Phi) is 4.12. The lowest BCUT2D eigenvalue weighted by Crippen LogP contribution is -2.55. The molecular formula is C14H23N3O. The average Bonchev–Trinajstić information content (AvgIpc) is 2.26. The lowest BCUT2D eigenvalue weighted by molar-refractivity contribution is -0.132. The molecule has 4 nitrogen and oxygen atoms in total. The molecule has 18 heavy (non-hydrogen) atoms. The molecule has 0 aliphatic carbocycles. The van der Waals surface area contributed by atoms with Crippen LogP contribution in [0.4, 0.5) is 0 Å². The molecule has 0 radical (unpaired) electrons. The molecule has 1 aromatic heterocycles. The third kappa shape index (κ3) is 3.07. The Bertz CT molecular complexity index is 433. The predicted octanol–water partition coefficient (Wildman–Crippen LogP) is 1.77. The lowest BCUT2D eigenvalue weighted by atomic mass is 9.74. The second-order valence-electron chi connectivity index (χ2n) is 5.80. The van der Waals surface area contributed by atoms with E-state index in [-0.39, 0.29) is 5.91 Å². The number of pyridine rings is 1. The van der Waals surface area contributed by atoms with Crippen molar-refractivity contribution in [2.24, 2.45) is 11.1 Å². The van der Waals surface area contributed by atoms with Crippen LogP contribution in [0.5, 0.6) is 0 Å². The van der Waals surface area contributed by atoms with Crippen LogP contribution < -0.4 is 11.1 Å². The molecule has 0 atom stereocenters. The highest BCUT2D eigenvalue weighted by molar-refractivity contribution is 5.83. The molecular weight excluding hydrogens is 226 g/mol. The number of nitrogens with zero attached hydrogens (tertiary/aromatic N) is 1. The molecule has 0 aromatic carbocycles. The van der Waals surface area contributed by atoms with E-state index in [0.29, 0.717) is 6.54 Å². The number of nitrogens with two attached hydrogens (primary N) is 1. The van der Waals surface area contributed by atoms with Gasteiger partial charge in [-0.2, -0.15) is 0 Å². The second-order valence-corrected chi connectivity index (χ2v) is 5.80. The lowest BCUT2D eigenvalue weighted by Gasteiger charge is -2.36. The Balaban J connectivity index is 2.71. The number of rotatable bonds is 4. The molecule has 1 amide bonds. The zero-order valence-corrected chi connectivity index (χ0v) is 11.9. The number of aryl methyl sites for hydroxylation is 1. The minimum absolute atomic E-state index is 0.0555. The summed E-state index contributed by atoms with van der Waals surface area (Å²) in [6.07, 6.45) is 1.73. The summed E-state index contributed by atoms with van der Waals surface area (Å²) in [5.41, 5.74) is 6.79. The van der Waals surface area contributed by atoms with E-state index >= 15 is 0 Å². The molecule has 0 aliphatic rings. The van der Waals surface area contributed by atoms with E-state index in [1.807, 2.05) is 46.8 Å². The van der Waals surface area contributed by atoms with Gasteiger partial charge in [0.2, 0.25) is 5.91 Å². The van der Waals surface area contributed by atoms with E-state index in [0.717, 1.165) is 11.3 Å². The molecule has 4 heteroatoms. The molecule has 0 unspecified atom stereocenters. The smallest absolute Gasteiger partial charge is 0.227 e. The Labute approximate surface area is 109 Å². The Hall–Kier alpha value is -1.42. The number of nitrogens with one attached hydrogen (secondary N) is 1. The van der Waals surface area contributed by atoms with E-state index in [2.05, 4.69) is 10.3 Å². The number of hydrogen-bond donors (Lipinski definition) is 2. The van der Waals surface area contributed by atoms with Gasteiger partial charge in [0, 0.05) is 11.7 Å². The molecule has 1 rings (SSSR count). The first-order valence-corrected chi connectivity index (χ1v) is 6.14. The van der Waals surface area contributed by atoms with Crippen molar-refractivity contribution in [3.63, 3.8) is 0 Å². The number of carbonyl (C=O) groups excluding carboxylic acids is 1. The minimum atomic E-state index is -0.629.